The average Bonchev–Trinajstić information content (AvgIpc) is 3.26. The second-order valence-electron chi connectivity index (χ2n) is 9.03. The molecule has 2 aromatic rings. The molecule has 2 aromatic heterocycles. The maximum Gasteiger partial charge on any atom is 0.227 e. The summed E-state index contributed by atoms with van der Waals surface area (Å²) in [6.45, 7) is 0. The quantitative estimate of drug-likeness (QED) is 0.771. The van der Waals surface area contributed by atoms with Crippen molar-refractivity contribution in [1.82, 2.24) is 24.6 Å². The molecule has 8 nitrogen and oxygen atoms in total. The molecule has 2 atom stereocenters. The van der Waals surface area contributed by atoms with Crippen molar-refractivity contribution in [1.29, 1.82) is 5.26 Å². The molecule has 1 aliphatic carbocycles. The molecule has 3 aliphatic rings. The van der Waals surface area contributed by atoms with E-state index in [1.807, 2.05) is 19.3 Å². The molecule has 0 spiro atoms. The van der Waals surface area contributed by atoms with Gasteiger partial charge >= 0.3 is 0 Å². The number of rotatable bonds is 6. The first-order chi connectivity index (χ1) is 15.0. The molecule has 31 heavy (non-hydrogen) atoms. The van der Waals surface area contributed by atoms with Crippen LogP contribution in [-0.2, 0) is 11.8 Å². The summed E-state index contributed by atoms with van der Waals surface area (Å²) < 4.78 is 1.72. The highest BCUT2D eigenvalue weighted by atomic mass is 16.2. The lowest BCUT2D eigenvalue weighted by Crippen LogP contribution is -2.43. The van der Waals surface area contributed by atoms with Crippen LogP contribution in [0.4, 0.5) is 11.6 Å². The van der Waals surface area contributed by atoms with E-state index in [0.29, 0.717) is 18.8 Å². The van der Waals surface area contributed by atoms with Gasteiger partial charge in [-0.05, 0) is 50.2 Å². The normalized spacial score (nSPS) is 23.6. The van der Waals surface area contributed by atoms with Crippen LogP contribution in [0.3, 0.4) is 0 Å². The summed E-state index contributed by atoms with van der Waals surface area (Å²) in [5.41, 5.74) is 2.68. The largest absolute Gasteiger partial charge is 0.333 e. The Hall–Kier alpha value is -3.21. The van der Waals surface area contributed by atoms with E-state index in [1.54, 1.807) is 17.1 Å². The molecule has 1 amide bonds. The van der Waals surface area contributed by atoms with Crippen LogP contribution in [0.15, 0.2) is 30.7 Å². The first-order valence-electron chi connectivity index (χ1n) is 11.1. The third kappa shape index (κ3) is 3.80. The fraction of sp³-hybridized carbons (Fsp3) is 0.522. The molecule has 0 radical (unpaired) electrons. The van der Waals surface area contributed by atoms with Crippen molar-refractivity contribution in [2.24, 2.45) is 12.5 Å². The van der Waals surface area contributed by atoms with E-state index >= 15 is 0 Å². The molecule has 2 bridgehead atoms. The van der Waals surface area contributed by atoms with Crippen LogP contribution >= 0.6 is 0 Å². The first-order valence-corrected chi connectivity index (χ1v) is 11.1. The van der Waals surface area contributed by atoms with Crippen molar-refractivity contribution in [3.8, 4) is 6.07 Å². The molecule has 5 rings (SSSR count). The highest BCUT2D eigenvalue weighted by Gasteiger charge is 2.42. The summed E-state index contributed by atoms with van der Waals surface area (Å²) in [5.74, 6) is 0.741. The SMILES string of the molecule is Cn1cc(Nc2nccc(C3=CC4CCC(C3)N4C(=O)CCC3(C#N)CCC3)n2)cn1. The molecule has 1 saturated carbocycles. The van der Waals surface area contributed by atoms with Crippen molar-refractivity contribution in [2.75, 3.05) is 5.32 Å². The molecular weight excluding hydrogens is 390 g/mol. The number of carbonyl (C=O) groups is 1. The predicted molar refractivity (Wildman–Crippen MR) is 116 cm³/mol. The Morgan fingerprint density at radius 1 is 1.39 bits per heavy atom. The van der Waals surface area contributed by atoms with Gasteiger partial charge < -0.3 is 10.2 Å². The number of carbonyl (C=O) groups excluding carboxylic acids is 1. The van der Waals surface area contributed by atoms with Gasteiger partial charge in [0.15, 0.2) is 0 Å². The molecule has 160 valence electrons. The summed E-state index contributed by atoms with van der Waals surface area (Å²) >= 11 is 0. The van der Waals surface area contributed by atoms with Gasteiger partial charge in [-0.3, -0.25) is 9.48 Å². The van der Waals surface area contributed by atoms with Gasteiger partial charge in [0.25, 0.3) is 0 Å². The van der Waals surface area contributed by atoms with Crippen molar-refractivity contribution in [2.45, 2.75) is 63.5 Å². The fourth-order valence-corrected chi connectivity index (χ4v) is 5.12. The maximum atomic E-state index is 13.0. The number of fused-ring (bicyclic) bond motifs is 2. The number of aryl methyl sites for hydroxylation is 1. The van der Waals surface area contributed by atoms with Gasteiger partial charge in [-0.2, -0.15) is 10.4 Å². The van der Waals surface area contributed by atoms with Gasteiger partial charge in [-0.15, -0.1) is 0 Å². The lowest BCUT2D eigenvalue weighted by atomic mass is 9.67. The average molecular weight is 418 g/mol. The van der Waals surface area contributed by atoms with Crippen LogP contribution in [0.2, 0.25) is 0 Å². The minimum absolute atomic E-state index is 0.130. The molecule has 2 unspecified atom stereocenters. The van der Waals surface area contributed by atoms with Gasteiger partial charge in [-0.1, -0.05) is 12.5 Å². The Balaban J connectivity index is 1.28. The van der Waals surface area contributed by atoms with Crippen LogP contribution in [0.5, 0.6) is 0 Å². The van der Waals surface area contributed by atoms with Crippen LogP contribution in [0, 0.1) is 16.7 Å². The molecular formula is C23H27N7O. The van der Waals surface area contributed by atoms with Crippen LogP contribution in [0.1, 0.15) is 57.1 Å². The number of amides is 1. The zero-order valence-electron chi connectivity index (χ0n) is 17.8. The van der Waals surface area contributed by atoms with Crippen LogP contribution < -0.4 is 5.32 Å². The van der Waals surface area contributed by atoms with E-state index in [0.717, 1.165) is 49.9 Å². The molecule has 2 aliphatic heterocycles. The van der Waals surface area contributed by atoms with Crippen molar-refractivity contribution < 1.29 is 4.79 Å². The third-order valence-corrected chi connectivity index (χ3v) is 6.99. The minimum atomic E-state index is -0.246. The Morgan fingerprint density at radius 2 is 2.26 bits per heavy atom. The zero-order valence-corrected chi connectivity index (χ0v) is 17.8. The number of nitriles is 1. The number of hydrogen-bond donors (Lipinski definition) is 1. The first kappa shape index (κ1) is 19.7. The van der Waals surface area contributed by atoms with Crippen LogP contribution in [0.25, 0.3) is 5.57 Å². The van der Waals surface area contributed by atoms with E-state index in [2.05, 4.69) is 32.4 Å². The summed E-state index contributed by atoms with van der Waals surface area (Å²) in [6.07, 6.45) is 14.6. The smallest absolute Gasteiger partial charge is 0.227 e. The predicted octanol–water partition coefficient (Wildman–Crippen LogP) is 3.57. The minimum Gasteiger partial charge on any atom is -0.333 e. The number of nitrogens with zero attached hydrogens (tertiary/aromatic N) is 6. The Morgan fingerprint density at radius 3 is 2.94 bits per heavy atom. The number of hydrogen-bond acceptors (Lipinski definition) is 6. The van der Waals surface area contributed by atoms with Gasteiger partial charge in [0.2, 0.25) is 11.9 Å². The fourth-order valence-electron chi connectivity index (χ4n) is 5.12. The topological polar surface area (TPSA) is 99.7 Å². The lowest BCUT2D eigenvalue weighted by molar-refractivity contribution is -0.134. The van der Waals surface area contributed by atoms with E-state index in [1.165, 1.54) is 5.57 Å². The van der Waals surface area contributed by atoms with Gasteiger partial charge in [0, 0.05) is 31.9 Å². The summed E-state index contributed by atoms with van der Waals surface area (Å²) in [7, 11) is 1.87. The van der Waals surface area contributed by atoms with E-state index in [-0.39, 0.29) is 23.4 Å². The second kappa shape index (κ2) is 7.80. The van der Waals surface area contributed by atoms with Gasteiger partial charge in [-0.25, -0.2) is 9.97 Å². The highest BCUT2D eigenvalue weighted by Crippen LogP contribution is 2.45. The van der Waals surface area contributed by atoms with E-state index in [4.69, 9.17) is 4.98 Å². The molecule has 1 saturated heterocycles. The maximum absolute atomic E-state index is 13.0. The number of nitrogens with one attached hydrogen (secondary N) is 1. The van der Waals surface area contributed by atoms with Crippen molar-refractivity contribution in [3.05, 3.63) is 36.4 Å². The van der Waals surface area contributed by atoms with Crippen LogP contribution in [-0.4, -0.2) is 42.6 Å². The third-order valence-electron chi connectivity index (χ3n) is 6.99. The molecule has 0 aromatic carbocycles. The summed E-state index contributed by atoms with van der Waals surface area (Å²) in [6, 6.07) is 4.74. The Kier molecular flexibility index (Phi) is 4.97. The molecule has 2 fully saturated rings. The molecule has 1 N–H and O–H groups in total. The summed E-state index contributed by atoms with van der Waals surface area (Å²) in [4.78, 5) is 24.1. The Labute approximate surface area is 182 Å². The molecule has 8 heteroatoms. The van der Waals surface area contributed by atoms with Crippen molar-refractivity contribution in [3.63, 3.8) is 0 Å². The van der Waals surface area contributed by atoms with Gasteiger partial charge in [0.1, 0.15) is 0 Å². The van der Waals surface area contributed by atoms with Gasteiger partial charge in [0.05, 0.1) is 35.1 Å². The molecule has 4 heterocycles. The highest BCUT2D eigenvalue weighted by molar-refractivity contribution is 5.80. The van der Waals surface area contributed by atoms with Crippen molar-refractivity contribution >= 4 is 23.1 Å². The lowest BCUT2D eigenvalue weighted by Gasteiger charge is -2.37. The van der Waals surface area contributed by atoms with E-state index < -0.39 is 0 Å². The zero-order chi connectivity index (χ0) is 21.4. The second-order valence-corrected chi connectivity index (χ2v) is 9.03. The monoisotopic (exact) mass is 417 g/mol. The summed E-state index contributed by atoms with van der Waals surface area (Å²) in [5, 5.41) is 16.8. The standard InChI is InChI=1S/C23H27N7O/c1-29-14-17(13-26-29)27-22-25-10-6-20(28-22)16-11-18-3-4-19(12-16)30(18)21(31)5-9-23(15-24)7-2-8-23/h6,10-11,13-14,18-19H,2-5,7-9,12H2,1H3,(H,25,27,28). The number of anilines is 2. The number of aromatic nitrogens is 4. The Bertz CT molecular complexity index is 1060. The van der Waals surface area contributed by atoms with E-state index in [9.17, 15) is 10.1 Å².